The number of rotatable bonds is 1. The molecule has 0 saturated heterocycles. The van der Waals surface area contributed by atoms with Crippen molar-refractivity contribution < 1.29 is 4.79 Å². The Morgan fingerprint density at radius 2 is 2.27 bits per heavy atom. The molecule has 3 heteroatoms. The lowest BCUT2D eigenvalue weighted by Gasteiger charge is -2.05. The predicted molar refractivity (Wildman–Crippen MR) is 67.9 cm³/mol. The lowest BCUT2D eigenvalue weighted by atomic mass is 10.0. The first-order chi connectivity index (χ1) is 7.20. The third-order valence-electron chi connectivity index (χ3n) is 2.61. The van der Waals surface area contributed by atoms with E-state index in [-0.39, 0.29) is 0 Å². The largest absolute Gasteiger partial charge is 0.294 e. The number of thioether (sulfide) groups is 2. The molecule has 0 spiro atoms. The summed E-state index contributed by atoms with van der Waals surface area (Å²) in [6.07, 6.45) is 2.72. The molecule has 0 fully saturated rings. The molecule has 1 aliphatic heterocycles. The van der Waals surface area contributed by atoms with E-state index >= 15 is 0 Å². The average Bonchev–Trinajstić information content (AvgIpc) is 2.38. The third kappa shape index (κ3) is 2.40. The number of carbonyl (C=O) groups is 1. The van der Waals surface area contributed by atoms with E-state index in [4.69, 9.17) is 0 Å². The van der Waals surface area contributed by atoms with Crippen LogP contribution in [0, 0.1) is 0 Å². The van der Waals surface area contributed by atoms with E-state index in [9.17, 15) is 4.79 Å². The summed E-state index contributed by atoms with van der Waals surface area (Å²) in [7, 11) is 0. The first kappa shape index (κ1) is 11.1. The van der Waals surface area contributed by atoms with E-state index in [0.717, 1.165) is 11.3 Å². The monoisotopic (exact) mass is 238 g/mol. The van der Waals surface area contributed by atoms with Gasteiger partial charge in [0, 0.05) is 27.9 Å². The van der Waals surface area contributed by atoms with Crippen LogP contribution in [0.5, 0.6) is 0 Å². The van der Waals surface area contributed by atoms with Crippen LogP contribution in [0.25, 0.3) is 0 Å². The van der Waals surface area contributed by atoms with Crippen LogP contribution >= 0.6 is 23.5 Å². The molecule has 0 amide bonds. The molecule has 80 valence electrons. The van der Waals surface area contributed by atoms with Crippen LogP contribution in [0.15, 0.2) is 23.1 Å². The van der Waals surface area contributed by atoms with Crippen LogP contribution in [0.3, 0.4) is 0 Å². The van der Waals surface area contributed by atoms with Crippen molar-refractivity contribution in [2.75, 3.05) is 6.26 Å². The molecule has 1 heterocycles. The summed E-state index contributed by atoms with van der Waals surface area (Å²) in [5.74, 6) is 1.27. The Morgan fingerprint density at radius 3 is 3.00 bits per heavy atom. The zero-order valence-corrected chi connectivity index (χ0v) is 10.6. The first-order valence-corrected chi connectivity index (χ1v) is 7.30. The standard InChI is InChI=1S/C12H14OS2/c1-8-5-12(13)11-6-10(14-2)4-3-9(11)7-15-8/h3-4,6,8H,5,7H2,1-2H3. The molecule has 1 nitrogen and oxygen atoms in total. The summed E-state index contributed by atoms with van der Waals surface area (Å²) < 4.78 is 0. The Morgan fingerprint density at radius 1 is 1.47 bits per heavy atom. The minimum atomic E-state index is 0.304. The van der Waals surface area contributed by atoms with E-state index in [1.54, 1.807) is 11.8 Å². The van der Waals surface area contributed by atoms with Gasteiger partial charge in [-0.3, -0.25) is 4.79 Å². The maximum Gasteiger partial charge on any atom is 0.164 e. The second-order valence-electron chi connectivity index (χ2n) is 3.77. The van der Waals surface area contributed by atoms with Crippen molar-refractivity contribution in [1.29, 1.82) is 0 Å². The van der Waals surface area contributed by atoms with Gasteiger partial charge in [0.2, 0.25) is 0 Å². The fourth-order valence-electron chi connectivity index (χ4n) is 1.73. The summed E-state index contributed by atoms with van der Waals surface area (Å²) in [6.45, 7) is 2.13. The number of ketones is 1. The Kier molecular flexibility index (Phi) is 3.42. The van der Waals surface area contributed by atoms with Crippen LogP contribution in [-0.2, 0) is 5.75 Å². The van der Waals surface area contributed by atoms with Crippen molar-refractivity contribution in [1.82, 2.24) is 0 Å². The highest BCUT2D eigenvalue weighted by Gasteiger charge is 2.20. The Bertz CT molecular complexity index is 387. The molecule has 0 bridgehead atoms. The Hall–Kier alpha value is -0.410. The molecule has 0 radical (unpaired) electrons. The quantitative estimate of drug-likeness (QED) is 0.696. The van der Waals surface area contributed by atoms with Gasteiger partial charge in [-0.25, -0.2) is 0 Å². The molecule has 1 aliphatic rings. The van der Waals surface area contributed by atoms with Crippen molar-refractivity contribution in [3.8, 4) is 0 Å². The number of hydrogen-bond donors (Lipinski definition) is 0. The molecule has 0 aliphatic carbocycles. The smallest absolute Gasteiger partial charge is 0.164 e. The van der Waals surface area contributed by atoms with Gasteiger partial charge in [0.15, 0.2) is 5.78 Å². The first-order valence-electron chi connectivity index (χ1n) is 5.02. The van der Waals surface area contributed by atoms with Crippen molar-refractivity contribution in [3.63, 3.8) is 0 Å². The van der Waals surface area contributed by atoms with Crippen LogP contribution in [0.4, 0.5) is 0 Å². The summed E-state index contributed by atoms with van der Waals surface area (Å²) in [4.78, 5) is 13.1. The molecule has 15 heavy (non-hydrogen) atoms. The van der Waals surface area contributed by atoms with Crippen molar-refractivity contribution in [3.05, 3.63) is 29.3 Å². The van der Waals surface area contributed by atoms with E-state index in [0.29, 0.717) is 17.5 Å². The molecule has 1 atom stereocenters. The van der Waals surface area contributed by atoms with Crippen LogP contribution in [-0.4, -0.2) is 17.3 Å². The summed E-state index contributed by atoms with van der Waals surface area (Å²) in [5, 5.41) is 0.447. The highest BCUT2D eigenvalue weighted by Crippen LogP contribution is 2.30. The van der Waals surface area contributed by atoms with Crippen LogP contribution < -0.4 is 0 Å². The molecule has 2 rings (SSSR count). The van der Waals surface area contributed by atoms with Gasteiger partial charge in [0.1, 0.15) is 0 Å². The molecule has 0 aromatic heterocycles. The van der Waals surface area contributed by atoms with Gasteiger partial charge in [-0.15, -0.1) is 11.8 Å². The van der Waals surface area contributed by atoms with E-state index in [2.05, 4.69) is 19.1 Å². The lowest BCUT2D eigenvalue weighted by molar-refractivity contribution is 0.0983. The van der Waals surface area contributed by atoms with E-state index in [1.807, 2.05) is 24.1 Å². The molecular formula is C12H14OS2. The zero-order chi connectivity index (χ0) is 10.8. The van der Waals surface area contributed by atoms with Gasteiger partial charge in [-0.1, -0.05) is 13.0 Å². The van der Waals surface area contributed by atoms with Gasteiger partial charge in [-0.05, 0) is 24.0 Å². The fraction of sp³-hybridized carbons (Fsp3) is 0.417. The van der Waals surface area contributed by atoms with Gasteiger partial charge in [-0.2, -0.15) is 11.8 Å². The minimum absolute atomic E-state index is 0.304. The average molecular weight is 238 g/mol. The van der Waals surface area contributed by atoms with Gasteiger partial charge in [0.05, 0.1) is 0 Å². The van der Waals surface area contributed by atoms with E-state index < -0.39 is 0 Å². The zero-order valence-electron chi connectivity index (χ0n) is 8.95. The maximum atomic E-state index is 12.0. The predicted octanol–water partition coefficient (Wildman–Crippen LogP) is 3.62. The number of fused-ring (bicyclic) bond motifs is 1. The highest BCUT2D eigenvalue weighted by molar-refractivity contribution is 7.99. The Balaban J connectivity index is 2.41. The van der Waals surface area contributed by atoms with Gasteiger partial charge in [0.25, 0.3) is 0 Å². The molecule has 0 saturated carbocycles. The second-order valence-corrected chi connectivity index (χ2v) is 6.08. The molecule has 1 aromatic rings. The summed E-state index contributed by atoms with van der Waals surface area (Å²) in [5.41, 5.74) is 2.14. The van der Waals surface area contributed by atoms with Crippen molar-refractivity contribution in [2.24, 2.45) is 0 Å². The van der Waals surface area contributed by atoms with Crippen LogP contribution in [0.1, 0.15) is 29.3 Å². The van der Waals surface area contributed by atoms with Gasteiger partial charge < -0.3 is 0 Å². The second kappa shape index (κ2) is 4.62. The fourth-order valence-corrected chi connectivity index (χ4v) is 3.15. The van der Waals surface area contributed by atoms with Crippen molar-refractivity contribution in [2.45, 2.75) is 29.2 Å². The van der Waals surface area contributed by atoms with Crippen LogP contribution in [0.2, 0.25) is 0 Å². The summed E-state index contributed by atoms with van der Waals surface area (Å²) >= 11 is 3.56. The molecule has 1 aromatic carbocycles. The van der Waals surface area contributed by atoms with Crippen molar-refractivity contribution >= 4 is 29.3 Å². The molecule has 0 N–H and O–H groups in total. The maximum absolute atomic E-state index is 12.0. The van der Waals surface area contributed by atoms with E-state index in [1.165, 1.54) is 10.5 Å². The number of hydrogen-bond acceptors (Lipinski definition) is 3. The molecular weight excluding hydrogens is 224 g/mol. The molecule has 1 unspecified atom stereocenters. The third-order valence-corrected chi connectivity index (χ3v) is 4.55. The number of Topliss-reactive ketones (excluding diaryl/α,β-unsaturated/α-hetero) is 1. The van der Waals surface area contributed by atoms with Gasteiger partial charge >= 0.3 is 0 Å². The number of carbonyl (C=O) groups excluding carboxylic acids is 1. The Labute approximate surface area is 99.0 Å². The normalized spacial score (nSPS) is 20.9. The highest BCUT2D eigenvalue weighted by atomic mass is 32.2. The minimum Gasteiger partial charge on any atom is -0.294 e. The lowest BCUT2D eigenvalue weighted by Crippen LogP contribution is -2.05. The number of benzene rings is 1. The topological polar surface area (TPSA) is 17.1 Å². The summed E-state index contributed by atoms with van der Waals surface area (Å²) in [6, 6.07) is 6.25. The SMILES string of the molecule is CSc1ccc2c(c1)C(=O)CC(C)SC2.